The molecule has 0 aliphatic carbocycles. The Bertz CT molecular complexity index is 398. The fourth-order valence-electron chi connectivity index (χ4n) is 2.69. The average molecular weight is 264 g/mol. The van der Waals surface area contributed by atoms with Crippen LogP contribution in [0, 0.1) is 11.7 Å². The van der Waals surface area contributed by atoms with Crippen LogP contribution < -0.4 is 10.2 Å². The Morgan fingerprint density at radius 3 is 2.74 bits per heavy atom. The SMILES string of the molecule is CCCNCc1cccc(F)c1N1CCC(C)CC1. The van der Waals surface area contributed by atoms with Crippen LogP contribution in [0.5, 0.6) is 0 Å². The standard InChI is InChI=1S/C16H25FN2/c1-3-9-18-12-14-5-4-6-15(17)16(14)19-10-7-13(2)8-11-19/h4-6,13,18H,3,7-12H2,1-2H3. The van der Waals surface area contributed by atoms with Crippen LogP contribution in [-0.2, 0) is 6.54 Å². The van der Waals surface area contributed by atoms with Crippen molar-refractivity contribution in [1.82, 2.24) is 5.32 Å². The summed E-state index contributed by atoms with van der Waals surface area (Å²) < 4.78 is 14.2. The van der Waals surface area contributed by atoms with Crippen LogP contribution in [-0.4, -0.2) is 19.6 Å². The van der Waals surface area contributed by atoms with E-state index in [1.54, 1.807) is 6.07 Å². The van der Waals surface area contributed by atoms with Gasteiger partial charge >= 0.3 is 0 Å². The molecule has 1 N–H and O–H groups in total. The summed E-state index contributed by atoms with van der Waals surface area (Å²) in [5, 5.41) is 3.37. The van der Waals surface area contributed by atoms with Crippen LogP contribution >= 0.6 is 0 Å². The molecule has 0 amide bonds. The minimum atomic E-state index is -0.0784. The zero-order chi connectivity index (χ0) is 13.7. The second kappa shape index (κ2) is 6.90. The van der Waals surface area contributed by atoms with Gasteiger partial charge in [0.1, 0.15) is 5.82 Å². The highest BCUT2D eigenvalue weighted by atomic mass is 19.1. The van der Waals surface area contributed by atoms with E-state index in [0.717, 1.165) is 62.6 Å². The number of nitrogens with zero attached hydrogens (tertiary/aromatic N) is 1. The number of hydrogen-bond acceptors (Lipinski definition) is 2. The molecule has 0 unspecified atom stereocenters. The van der Waals surface area contributed by atoms with E-state index in [0.29, 0.717) is 0 Å². The van der Waals surface area contributed by atoms with Crippen LogP contribution in [0.2, 0.25) is 0 Å². The molecule has 1 saturated heterocycles. The number of rotatable bonds is 5. The lowest BCUT2D eigenvalue weighted by atomic mass is 9.98. The average Bonchev–Trinajstić information content (AvgIpc) is 2.41. The van der Waals surface area contributed by atoms with E-state index in [4.69, 9.17) is 0 Å². The highest BCUT2D eigenvalue weighted by Crippen LogP contribution is 2.28. The second-order valence-corrected chi connectivity index (χ2v) is 5.59. The van der Waals surface area contributed by atoms with Gasteiger partial charge in [-0.25, -0.2) is 4.39 Å². The molecule has 1 aromatic carbocycles. The van der Waals surface area contributed by atoms with Crippen molar-refractivity contribution in [3.8, 4) is 0 Å². The summed E-state index contributed by atoms with van der Waals surface area (Å²) in [6.07, 6.45) is 3.43. The topological polar surface area (TPSA) is 15.3 Å². The molecular formula is C16H25FN2. The van der Waals surface area contributed by atoms with Gasteiger partial charge in [-0.1, -0.05) is 26.0 Å². The Morgan fingerprint density at radius 1 is 1.32 bits per heavy atom. The van der Waals surface area contributed by atoms with Crippen molar-refractivity contribution < 1.29 is 4.39 Å². The molecule has 0 aromatic heterocycles. The van der Waals surface area contributed by atoms with Gasteiger partial charge in [0.25, 0.3) is 0 Å². The highest BCUT2D eigenvalue weighted by molar-refractivity contribution is 5.55. The third-order valence-electron chi connectivity index (χ3n) is 3.91. The molecule has 19 heavy (non-hydrogen) atoms. The first-order valence-electron chi connectivity index (χ1n) is 7.45. The van der Waals surface area contributed by atoms with E-state index < -0.39 is 0 Å². The number of halogens is 1. The lowest BCUT2D eigenvalue weighted by Crippen LogP contribution is -2.34. The van der Waals surface area contributed by atoms with E-state index in [-0.39, 0.29) is 5.82 Å². The van der Waals surface area contributed by atoms with Crippen LogP contribution in [0.3, 0.4) is 0 Å². The van der Waals surface area contributed by atoms with Crippen molar-refractivity contribution in [2.45, 2.75) is 39.7 Å². The quantitative estimate of drug-likeness (QED) is 0.818. The first kappa shape index (κ1) is 14.3. The molecule has 1 aromatic rings. The minimum absolute atomic E-state index is 0.0784. The molecule has 0 saturated carbocycles. The van der Waals surface area contributed by atoms with Crippen molar-refractivity contribution >= 4 is 5.69 Å². The zero-order valence-corrected chi connectivity index (χ0v) is 12.1. The number of piperidine rings is 1. The largest absolute Gasteiger partial charge is 0.369 e. The number of benzene rings is 1. The number of anilines is 1. The molecule has 3 heteroatoms. The highest BCUT2D eigenvalue weighted by Gasteiger charge is 2.20. The van der Waals surface area contributed by atoms with Crippen LogP contribution in [0.15, 0.2) is 18.2 Å². The molecule has 1 aliphatic rings. The lowest BCUT2D eigenvalue weighted by Gasteiger charge is -2.33. The van der Waals surface area contributed by atoms with Crippen LogP contribution in [0.1, 0.15) is 38.7 Å². The molecular weight excluding hydrogens is 239 g/mol. The summed E-state index contributed by atoms with van der Waals surface area (Å²) in [5.41, 5.74) is 1.90. The summed E-state index contributed by atoms with van der Waals surface area (Å²) >= 11 is 0. The Hall–Kier alpha value is -1.09. The van der Waals surface area contributed by atoms with E-state index in [2.05, 4.69) is 24.1 Å². The van der Waals surface area contributed by atoms with Crippen molar-refractivity contribution in [3.63, 3.8) is 0 Å². The van der Waals surface area contributed by atoms with Crippen molar-refractivity contribution in [1.29, 1.82) is 0 Å². The number of para-hydroxylation sites is 1. The van der Waals surface area contributed by atoms with Crippen molar-refractivity contribution in [3.05, 3.63) is 29.6 Å². The van der Waals surface area contributed by atoms with E-state index in [1.807, 2.05) is 12.1 Å². The fourth-order valence-corrected chi connectivity index (χ4v) is 2.69. The van der Waals surface area contributed by atoms with Gasteiger partial charge in [0.2, 0.25) is 0 Å². The van der Waals surface area contributed by atoms with Gasteiger partial charge in [-0.2, -0.15) is 0 Å². The zero-order valence-electron chi connectivity index (χ0n) is 12.1. The van der Waals surface area contributed by atoms with Gasteiger partial charge in [-0.3, -0.25) is 0 Å². The summed E-state index contributed by atoms with van der Waals surface area (Å²) in [4.78, 5) is 2.22. The van der Waals surface area contributed by atoms with E-state index in [9.17, 15) is 4.39 Å². The molecule has 106 valence electrons. The number of hydrogen-bond donors (Lipinski definition) is 1. The first-order valence-corrected chi connectivity index (χ1v) is 7.45. The van der Waals surface area contributed by atoms with E-state index in [1.165, 1.54) is 0 Å². The van der Waals surface area contributed by atoms with Crippen LogP contribution in [0.25, 0.3) is 0 Å². The third-order valence-corrected chi connectivity index (χ3v) is 3.91. The maximum absolute atomic E-state index is 14.2. The van der Waals surface area contributed by atoms with Gasteiger partial charge in [0.05, 0.1) is 5.69 Å². The third kappa shape index (κ3) is 3.69. The predicted octanol–water partition coefficient (Wildman–Crippen LogP) is 3.56. The molecule has 1 fully saturated rings. The molecule has 0 atom stereocenters. The molecule has 0 spiro atoms. The van der Waals surface area contributed by atoms with Crippen molar-refractivity contribution in [2.75, 3.05) is 24.5 Å². The molecule has 2 nitrogen and oxygen atoms in total. The van der Waals surface area contributed by atoms with E-state index >= 15 is 0 Å². The van der Waals surface area contributed by atoms with Crippen LogP contribution in [0.4, 0.5) is 10.1 Å². The second-order valence-electron chi connectivity index (χ2n) is 5.59. The van der Waals surface area contributed by atoms with Gasteiger partial charge in [0, 0.05) is 19.6 Å². The molecule has 0 bridgehead atoms. The minimum Gasteiger partial charge on any atom is -0.369 e. The maximum atomic E-state index is 14.2. The molecule has 1 aliphatic heterocycles. The normalized spacial score (nSPS) is 16.9. The summed E-state index contributed by atoms with van der Waals surface area (Å²) in [6, 6.07) is 5.43. The first-order chi connectivity index (χ1) is 9.22. The van der Waals surface area contributed by atoms with Gasteiger partial charge < -0.3 is 10.2 Å². The predicted molar refractivity (Wildman–Crippen MR) is 79.0 cm³/mol. The lowest BCUT2D eigenvalue weighted by molar-refractivity contribution is 0.433. The smallest absolute Gasteiger partial charge is 0.146 e. The Labute approximate surface area is 116 Å². The summed E-state index contributed by atoms with van der Waals surface area (Å²) in [5.74, 6) is 0.690. The fraction of sp³-hybridized carbons (Fsp3) is 0.625. The van der Waals surface area contributed by atoms with Gasteiger partial charge in [0.15, 0.2) is 0 Å². The Balaban J connectivity index is 2.13. The molecule has 0 radical (unpaired) electrons. The monoisotopic (exact) mass is 264 g/mol. The molecule has 2 rings (SSSR count). The number of nitrogens with one attached hydrogen (secondary N) is 1. The van der Waals surface area contributed by atoms with Gasteiger partial charge in [-0.15, -0.1) is 0 Å². The summed E-state index contributed by atoms with van der Waals surface area (Å²) in [7, 11) is 0. The summed E-state index contributed by atoms with van der Waals surface area (Å²) in [6.45, 7) is 8.11. The Kier molecular flexibility index (Phi) is 5.20. The maximum Gasteiger partial charge on any atom is 0.146 e. The van der Waals surface area contributed by atoms with Crippen molar-refractivity contribution in [2.24, 2.45) is 5.92 Å². The molecule has 1 heterocycles. The Morgan fingerprint density at radius 2 is 2.05 bits per heavy atom. The van der Waals surface area contributed by atoms with Gasteiger partial charge in [-0.05, 0) is 43.4 Å².